The molecule has 140 valence electrons. The number of carbonyl (C=O) groups is 2. The van der Waals surface area contributed by atoms with Gasteiger partial charge in [0.2, 0.25) is 21.8 Å². The summed E-state index contributed by atoms with van der Waals surface area (Å²) < 4.78 is 27.9. The van der Waals surface area contributed by atoms with Crippen LogP contribution in [0.1, 0.15) is 19.3 Å². The number of piperidine rings is 1. The van der Waals surface area contributed by atoms with Crippen molar-refractivity contribution in [3.63, 3.8) is 0 Å². The normalized spacial score (nSPS) is 26.5. The number of sulfonamides is 1. The van der Waals surface area contributed by atoms with Crippen molar-refractivity contribution in [3.8, 4) is 0 Å². The summed E-state index contributed by atoms with van der Waals surface area (Å²) in [6.07, 6.45) is 1.21. The molecule has 1 aromatic rings. The van der Waals surface area contributed by atoms with Crippen LogP contribution in [-0.2, 0) is 19.6 Å². The van der Waals surface area contributed by atoms with Gasteiger partial charge in [0.05, 0.1) is 11.6 Å². The van der Waals surface area contributed by atoms with Crippen molar-refractivity contribution in [3.05, 3.63) is 24.3 Å². The fourth-order valence-electron chi connectivity index (χ4n) is 4.02. The van der Waals surface area contributed by atoms with E-state index in [-0.39, 0.29) is 29.0 Å². The van der Waals surface area contributed by atoms with E-state index in [1.165, 1.54) is 0 Å². The molecule has 1 spiro atoms. The second-order valence-electron chi connectivity index (χ2n) is 7.31. The molecule has 0 bridgehead atoms. The first-order chi connectivity index (χ1) is 12.3. The molecule has 4 rings (SSSR count). The topological polar surface area (TPSA) is 98.8 Å². The van der Waals surface area contributed by atoms with Crippen LogP contribution in [-0.4, -0.2) is 62.4 Å². The maximum absolute atomic E-state index is 12.7. The molecule has 0 radical (unpaired) electrons. The van der Waals surface area contributed by atoms with E-state index >= 15 is 0 Å². The minimum atomic E-state index is -3.59. The van der Waals surface area contributed by atoms with Crippen LogP contribution in [0.15, 0.2) is 29.2 Å². The van der Waals surface area contributed by atoms with E-state index < -0.39 is 15.7 Å². The van der Waals surface area contributed by atoms with Gasteiger partial charge in [-0.05, 0) is 12.1 Å². The molecule has 26 heavy (non-hydrogen) atoms. The smallest absolute Gasteiger partial charge is 0.244 e. The number of likely N-dealkylation sites (tertiary alicyclic amines) is 2. The van der Waals surface area contributed by atoms with Gasteiger partial charge in [-0.3, -0.25) is 9.59 Å². The van der Waals surface area contributed by atoms with Crippen LogP contribution < -0.4 is 10.0 Å². The Morgan fingerprint density at radius 2 is 1.92 bits per heavy atom. The Kier molecular flexibility index (Phi) is 3.96. The summed E-state index contributed by atoms with van der Waals surface area (Å²) in [6, 6.07) is 6.82. The van der Waals surface area contributed by atoms with E-state index in [0.29, 0.717) is 38.2 Å². The Morgan fingerprint density at radius 3 is 2.58 bits per heavy atom. The van der Waals surface area contributed by atoms with Gasteiger partial charge >= 0.3 is 0 Å². The summed E-state index contributed by atoms with van der Waals surface area (Å²) in [7, 11) is -1.88. The van der Waals surface area contributed by atoms with Gasteiger partial charge in [-0.25, -0.2) is 8.42 Å². The predicted molar refractivity (Wildman–Crippen MR) is 94.7 cm³/mol. The third-order valence-corrected chi connectivity index (χ3v) is 7.09. The number of hydrogen-bond acceptors (Lipinski definition) is 5. The van der Waals surface area contributed by atoms with Crippen molar-refractivity contribution in [1.82, 2.24) is 14.5 Å². The van der Waals surface area contributed by atoms with Crippen LogP contribution in [0.3, 0.4) is 0 Å². The van der Waals surface area contributed by atoms with E-state index in [4.69, 9.17) is 0 Å². The molecule has 1 atom stereocenters. The van der Waals surface area contributed by atoms with Crippen LogP contribution in [0.5, 0.6) is 0 Å². The zero-order chi connectivity index (χ0) is 18.5. The summed E-state index contributed by atoms with van der Waals surface area (Å²) in [5.41, 5.74) is -0.180. The molecule has 2 fully saturated rings. The Hall–Kier alpha value is -2.13. The van der Waals surface area contributed by atoms with E-state index in [0.717, 1.165) is 0 Å². The van der Waals surface area contributed by atoms with Gasteiger partial charge in [-0.15, -0.1) is 0 Å². The number of fused-ring (bicyclic) bond motifs is 1. The third kappa shape index (κ3) is 2.84. The van der Waals surface area contributed by atoms with Crippen molar-refractivity contribution in [2.75, 3.05) is 32.0 Å². The van der Waals surface area contributed by atoms with E-state index in [1.807, 2.05) is 0 Å². The van der Waals surface area contributed by atoms with E-state index in [1.54, 1.807) is 41.1 Å². The van der Waals surface area contributed by atoms with Crippen LogP contribution >= 0.6 is 0 Å². The number of hydrogen-bond donors (Lipinski definition) is 2. The Morgan fingerprint density at radius 1 is 1.23 bits per heavy atom. The molecule has 0 aromatic heterocycles. The average molecular weight is 378 g/mol. The molecule has 2 saturated heterocycles. The molecule has 0 aliphatic carbocycles. The molecule has 8 nitrogen and oxygen atoms in total. The highest BCUT2D eigenvalue weighted by Gasteiger charge is 2.45. The summed E-state index contributed by atoms with van der Waals surface area (Å²) in [5, 5.41) is 3.32. The molecule has 3 aliphatic rings. The number of benzene rings is 1. The number of amides is 2. The van der Waals surface area contributed by atoms with E-state index in [9.17, 15) is 18.0 Å². The standard InChI is InChI=1S/C17H22N4O4S/c1-20-11-12(10-15(20)22)16(23)21-8-6-17(7-9-21)18-13-4-2-3-5-14(13)26(24,25)19-17/h2-5,12,18-19H,6-11H2,1H3. The summed E-state index contributed by atoms with van der Waals surface area (Å²) in [6.45, 7) is 1.35. The monoisotopic (exact) mass is 378 g/mol. The second-order valence-corrected chi connectivity index (χ2v) is 8.96. The predicted octanol–water partition coefficient (Wildman–Crippen LogP) is 0.187. The Labute approximate surface area is 152 Å². The van der Waals surface area contributed by atoms with Gasteiger partial charge in [-0.2, -0.15) is 4.72 Å². The van der Waals surface area contributed by atoms with Gasteiger partial charge in [0.1, 0.15) is 10.6 Å². The number of anilines is 1. The zero-order valence-electron chi connectivity index (χ0n) is 14.6. The van der Waals surface area contributed by atoms with Crippen molar-refractivity contribution in [2.45, 2.75) is 29.8 Å². The molecule has 1 aromatic carbocycles. The average Bonchev–Trinajstić information content (AvgIpc) is 2.93. The third-order valence-electron chi connectivity index (χ3n) is 5.50. The van der Waals surface area contributed by atoms with Crippen LogP contribution in [0, 0.1) is 5.92 Å². The molecular weight excluding hydrogens is 356 g/mol. The molecule has 1 unspecified atom stereocenters. The van der Waals surface area contributed by atoms with Gasteiger partial charge in [0.25, 0.3) is 0 Å². The van der Waals surface area contributed by atoms with Crippen molar-refractivity contribution in [2.24, 2.45) is 5.92 Å². The first-order valence-corrected chi connectivity index (χ1v) is 10.2. The molecule has 2 amide bonds. The fraction of sp³-hybridized carbons (Fsp3) is 0.529. The van der Waals surface area contributed by atoms with E-state index in [2.05, 4.69) is 10.0 Å². The van der Waals surface area contributed by atoms with Gasteiger partial charge in [0.15, 0.2) is 0 Å². The van der Waals surface area contributed by atoms with Crippen LogP contribution in [0.2, 0.25) is 0 Å². The molecule has 2 N–H and O–H groups in total. The van der Waals surface area contributed by atoms with Crippen molar-refractivity contribution < 1.29 is 18.0 Å². The van der Waals surface area contributed by atoms with Crippen LogP contribution in [0.4, 0.5) is 5.69 Å². The lowest BCUT2D eigenvalue weighted by molar-refractivity contribution is -0.137. The Balaban J connectivity index is 1.47. The number of nitrogens with zero attached hydrogens (tertiary/aromatic N) is 2. The minimum absolute atomic E-state index is 0.00450. The second kappa shape index (κ2) is 5.95. The molecular formula is C17H22N4O4S. The fourth-order valence-corrected chi connectivity index (χ4v) is 5.57. The number of para-hydroxylation sites is 1. The number of rotatable bonds is 1. The molecule has 3 heterocycles. The number of nitrogens with one attached hydrogen (secondary N) is 2. The lowest BCUT2D eigenvalue weighted by atomic mass is 9.95. The van der Waals surface area contributed by atoms with Crippen LogP contribution in [0.25, 0.3) is 0 Å². The maximum atomic E-state index is 12.7. The Bertz CT molecular complexity index is 861. The minimum Gasteiger partial charge on any atom is -0.365 e. The van der Waals surface area contributed by atoms with Gasteiger partial charge < -0.3 is 15.1 Å². The maximum Gasteiger partial charge on any atom is 0.244 e. The van der Waals surface area contributed by atoms with Gasteiger partial charge in [0, 0.05) is 45.9 Å². The van der Waals surface area contributed by atoms with Crippen molar-refractivity contribution >= 4 is 27.5 Å². The lowest BCUT2D eigenvalue weighted by Gasteiger charge is -2.45. The summed E-state index contributed by atoms with van der Waals surface area (Å²) >= 11 is 0. The highest BCUT2D eigenvalue weighted by Crippen LogP contribution is 2.35. The zero-order valence-corrected chi connectivity index (χ0v) is 15.4. The lowest BCUT2D eigenvalue weighted by Crippen LogP contribution is -2.62. The molecule has 3 aliphatic heterocycles. The quantitative estimate of drug-likeness (QED) is 0.727. The first-order valence-electron chi connectivity index (χ1n) is 8.74. The van der Waals surface area contributed by atoms with Crippen molar-refractivity contribution in [1.29, 1.82) is 0 Å². The highest BCUT2D eigenvalue weighted by molar-refractivity contribution is 7.89. The summed E-state index contributed by atoms with van der Waals surface area (Å²) in [4.78, 5) is 27.9. The molecule has 0 saturated carbocycles. The number of carbonyl (C=O) groups excluding carboxylic acids is 2. The van der Waals surface area contributed by atoms with Gasteiger partial charge in [-0.1, -0.05) is 12.1 Å². The SMILES string of the molecule is CN1CC(C(=O)N2CCC3(CC2)Nc2ccccc2S(=O)(=O)N3)CC1=O. The summed E-state index contributed by atoms with van der Waals surface area (Å²) in [5.74, 6) is -0.315. The molecule has 9 heteroatoms. The largest absolute Gasteiger partial charge is 0.365 e. The first kappa shape index (κ1) is 17.3. The highest BCUT2D eigenvalue weighted by atomic mass is 32.2.